The van der Waals surface area contributed by atoms with E-state index in [1.165, 1.54) is 57.8 Å². The van der Waals surface area contributed by atoms with Crippen LogP contribution in [0.5, 0.6) is 0 Å². The largest absolute Gasteiger partial charge is 0.453 e. The van der Waals surface area contributed by atoms with Gasteiger partial charge in [0.15, 0.2) is 0 Å². The summed E-state index contributed by atoms with van der Waals surface area (Å²) in [7, 11) is 3.24. The van der Waals surface area contributed by atoms with Gasteiger partial charge in [-0.3, -0.25) is 0 Å². The average molecular weight is 521 g/mol. The fourth-order valence-corrected chi connectivity index (χ4v) is 5.75. The zero-order chi connectivity index (χ0) is 26.5. The monoisotopic (exact) mass is 520 g/mol. The van der Waals surface area contributed by atoms with Crippen LogP contribution in [-0.2, 0) is 9.47 Å². The Hall–Kier alpha value is -2.39. The van der Waals surface area contributed by atoms with Crippen LogP contribution in [0.15, 0.2) is 24.3 Å². The molecule has 3 N–H and O–H groups in total. The Labute approximate surface area is 221 Å². The molecular weight excluding hydrogens is 475 g/mol. The van der Waals surface area contributed by atoms with Crippen LogP contribution in [0.3, 0.4) is 0 Å². The number of amides is 3. The number of halogens is 1. The summed E-state index contributed by atoms with van der Waals surface area (Å²) < 4.78 is 24.8. The van der Waals surface area contributed by atoms with Crippen molar-refractivity contribution in [3.05, 3.63) is 35.6 Å². The van der Waals surface area contributed by atoms with Gasteiger partial charge in [-0.15, -0.1) is 0 Å². The number of ether oxygens (including phenoxy) is 2. The first-order valence-electron chi connectivity index (χ1n) is 13.9. The molecule has 1 unspecified atom stereocenters. The number of urea groups is 1. The second-order valence-corrected chi connectivity index (χ2v) is 10.4. The molecule has 0 bridgehead atoms. The Bertz CT molecular complexity index is 834. The van der Waals surface area contributed by atoms with E-state index in [1.54, 1.807) is 6.07 Å². The lowest BCUT2D eigenvalue weighted by Crippen LogP contribution is -2.51. The number of piperidine rings is 1. The van der Waals surface area contributed by atoms with Crippen LogP contribution in [-0.4, -0.2) is 70.0 Å². The maximum absolute atomic E-state index is 14.1. The molecule has 3 amide bonds. The first-order valence-corrected chi connectivity index (χ1v) is 13.9. The van der Waals surface area contributed by atoms with Gasteiger partial charge in [-0.25, -0.2) is 14.0 Å². The number of carbonyl (C=O) groups is 2. The molecule has 1 aromatic carbocycles. The number of hydrogen-bond donors (Lipinski definition) is 3. The van der Waals surface area contributed by atoms with Crippen molar-refractivity contribution in [3.63, 3.8) is 0 Å². The van der Waals surface area contributed by atoms with Gasteiger partial charge in [0.2, 0.25) is 0 Å². The molecule has 1 saturated carbocycles. The van der Waals surface area contributed by atoms with Crippen molar-refractivity contribution in [2.45, 2.75) is 69.9 Å². The van der Waals surface area contributed by atoms with Gasteiger partial charge >= 0.3 is 12.1 Å². The number of likely N-dealkylation sites (tertiary alicyclic amines) is 1. The number of benzene rings is 1. The molecule has 1 saturated heterocycles. The number of hydrogen-bond acceptors (Lipinski definition) is 5. The molecule has 0 aromatic heterocycles. The van der Waals surface area contributed by atoms with Gasteiger partial charge in [-0.05, 0) is 49.9 Å². The van der Waals surface area contributed by atoms with Crippen LogP contribution in [0.2, 0.25) is 0 Å². The van der Waals surface area contributed by atoms with Crippen LogP contribution in [0, 0.1) is 17.7 Å². The van der Waals surface area contributed by atoms with E-state index >= 15 is 0 Å². The van der Waals surface area contributed by atoms with Gasteiger partial charge in [0.05, 0.1) is 19.8 Å². The number of rotatable bonds is 11. The summed E-state index contributed by atoms with van der Waals surface area (Å²) in [5.41, 5.74) is 0.742. The molecule has 9 heteroatoms. The number of nitrogens with zero attached hydrogens (tertiary/aromatic N) is 1. The normalized spacial score (nSPS) is 20.5. The van der Waals surface area contributed by atoms with Crippen LogP contribution in [0.4, 0.5) is 14.0 Å². The quantitative estimate of drug-likeness (QED) is 0.293. The molecule has 37 heavy (non-hydrogen) atoms. The smallest absolute Gasteiger partial charge is 0.406 e. The molecule has 8 nitrogen and oxygen atoms in total. The maximum atomic E-state index is 14.1. The van der Waals surface area contributed by atoms with E-state index in [9.17, 15) is 14.0 Å². The average Bonchev–Trinajstić information content (AvgIpc) is 3.17. The van der Waals surface area contributed by atoms with Gasteiger partial charge in [-0.2, -0.15) is 0 Å². The molecular formula is C28H45FN4O4. The van der Waals surface area contributed by atoms with Crippen molar-refractivity contribution >= 4 is 12.1 Å². The molecule has 2 aliphatic rings. The summed E-state index contributed by atoms with van der Waals surface area (Å²) in [6.45, 7) is 2.51. The van der Waals surface area contributed by atoms with E-state index < -0.39 is 6.09 Å². The third kappa shape index (κ3) is 9.78. The lowest BCUT2D eigenvalue weighted by Gasteiger charge is -2.38. The zero-order valence-electron chi connectivity index (χ0n) is 22.5. The zero-order valence-corrected chi connectivity index (χ0v) is 22.5. The summed E-state index contributed by atoms with van der Waals surface area (Å²) in [6, 6.07) is 6.50. The van der Waals surface area contributed by atoms with Crippen LogP contribution >= 0.6 is 0 Å². The SMILES string of the molecule is CNC[C@H](CC1CCCCCC1)NC(=O)N1CCC[C@@H](C(OCCNC(=O)OC)c2cccc(F)c2)C1. The molecule has 1 heterocycles. The molecule has 3 rings (SSSR count). The topological polar surface area (TPSA) is 91.9 Å². The Balaban J connectivity index is 1.62. The molecule has 1 aliphatic heterocycles. The van der Waals surface area contributed by atoms with Gasteiger partial charge in [0, 0.05) is 38.1 Å². The Morgan fingerprint density at radius 3 is 2.62 bits per heavy atom. The third-order valence-electron chi connectivity index (χ3n) is 7.58. The second-order valence-electron chi connectivity index (χ2n) is 10.4. The highest BCUT2D eigenvalue weighted by Crippen LogP contribution is 2.33. The van der Waals surface area contributed by atoms with Crippen molar-refractivity contribution < 1.29 is 23.5 Å². The summed E-state index contributed by atoms with van der Waals surface area (Å²) in [4.78, 5) is 26.6. The Morgan fingerprint density at radius 2 is 1.92 bits per heavy atom. The van der Waals surface area contributed by atoms with E-state index in [-0.39, 0.29) is 43.1 Å². The molecule has 0 radical (unpaired) electrons. The number of likely N-dealkylation sites (N-methyl/N-ethyl adjacent to an activating group) is 1. The predicted octanol–water partition coefficient (Wildman–Crippen LogP) is 4.61. The van der Waals surface area contributed by atoms with E-state index in [2.05, 4.69) is 20.7 Å². The summed E-state index contributed by atoms with van der Waals surface area (Å²) in [5.74, 6) is 0.362. The number of carbonyl (C=O) groups excluding carboxylic acids is 2. The highest BCUT2D eigenvalue weighted by Gasteiger charge is 2.32. The van der Waals surface area contributed by atoms with Crippen molar-refractivity contribution in [1.29, 1.82) is 0 Å². The van der Waals surface area contributed by atoms with Crippen LogP contribution in [0.1, 0.15) is 69.5 Å². The van der Waals surface area contributed by atoms with E-state index in [0.29, 0.717) is 19.0 Å². The van der Waals surface area contributed by atoms with Gasteiger partial charge < -0.3 is 30.3 Å². The van der Waals surface area contributed by atoms with Gasteiger partial charge in [0.1, 0.15) is 5.82 Å². The van der Waals surface area contributed by atoms with Crippen molar-refractivity contribution in [3.8, 4) is 0 Å². The molecule has 1 aliphatic carbocycles. The molecule has 2 fully saturated rings. The van der Waals surface area contributed by atoms with Gasteiger partial charge in [-0.1, -0.05) is 50.7 Å². The van der Waals surface area contributed by atoms with Crippen molar-refractivity contribution in [2.24, 2.45) is 11.8 Å². The van der Waals surface area contributed by atoms with Gasteiger partial charge in [0.25, 0.3) is 0 Å². The Morgan fingerprint density at radius 1 is 1.14 bits per heavy atom. The maximum Gasteiger partial charge on any atom is 0.406 e. The fraction of sp³-hybridized carbons (Fsp3) is 0.714. The lowest BCUT2D eigenvalue weighted by atomic mass is 9.88. The van der Waals surface area contributed by atoms with Crippen molar-refractivity contribution in [2.75, 3.05) is 46.9 Å². The minimum atomic E-state index is -0.522. The first kappa shape index (κ1) is 29.2. The predicted molar refractivity (Wildman–Crippen MR) is 142 cm³/mol. The van der Waals surface area contributed by atoms with E-state index in [0.717, 1.165) is 31.4 Å². The summed E-state index contributed by atoms with van der Waals surface area (Å²) in [5, 5.41) is 9.16. The van der Waals surface area contributed by atoms with Crippen molar-refractivity contribution in [1.82, 2.24) is 20.9 Å². The number of methoxy groups -OCH3 is 1. The first-order chi connectivity index (χ1) is 18.0. The second kappa shape index (κ2) is 15.8. The molecule has 1 aromatic rings. The molecule has 3 atom stereocenters. The number of nitrogens with one attached hydrogen (secondary N) is 3. The summed E-state index contributed by atoms with van der Waals surface area (Å²) in [6.07, 6.45) is 9.54. The highest BCUT2D eigenvalue weighted by molar-refractivity contribution is 5.74. The minimum absolute atomic E-state index is 0.0176. The molecule has 208 valence electrons. The Kier molecular flexibility index (Phi) is 12.4. The van der Waals surface area contributed by atoms with Crippen LogP contribution in [0.25, 0.3) is 0 Å². The lowest BCUT2D eigenvalue weighted by molar-refractivity contribution is -0.00880. The molecule has 0 spiro atoms. The summed E-state index contributed by atoms with van der Waals surface area (Å²) >= 11 is 0. The standard InChI is InChI=1S/C28H45FN4O4/c1-30-19-25(17-21-9-5-3-4-6-10-21)32-27(34)33-15-8-12-23(20-33)26(22-11-7-13-24(29)18-22)37-16-14-31-28(35)36-2/h7,11,13,18,21,23,25-26,30H,3-6,8-10,12,14-17,19-20H2,1-2H3,(H,31,35)(H,32,34)/t23-,25+,26?/m1/s1. The minimum Gasteiger partial charge on any atom is -0.453 e. The van der Waals surface area contributed by atoms with E-state index in [1.807, 2.05) is 18.0 Å². The van der Waals surface area contributed by atoms with E-state index in [4.69, 9.17) is 4.74 Å². The number of alkyl carbamates (subject to hydrolysis) is 1. The third-order valence-corrected chi connectivity index (χ3v) is 7.58. The fourth-order valence-electron chi connectivity index (χ4n) is 5.75. The van der Waals surface area contributed by atoms with Crippen LogP contribution < -0.4 is 16.0 Å². The highest BCUT2D eigenvalue weighted by atomic mass is 19.1.